The maximum atomic E-state index is 14.3. The lowest BCUT2D eigenvalue weighted by atomic mass is 9.94. The van der Waals surface area contributed by atoms with Crippen LogP contribution < -0.4 is 0 Å². The Morgan fingerprint density at radius 2 is 1.47 bits per heavy atom. The van der Waals surface area contributed by atoms with Crippen molar-refractivity contribution in [3.63, 3.8) is 0 Å². The van der Waals surface area contributed by atoms with Crippen molar-refractivity contribution in [2.24, 2.45) is 0 Å². The third-order valence-electron chi connectivity index (χ3n) is 6.48. The molecule has 0 aliphatic carbocycles. The van der Waals surface area contributed by atoms with Gasteiger partial charge in [0.1, 0.15) is 21.0 Å². The zero-order valence-electron chi connectivity index (χ0n) is 21.0. The van der Waals surface area contributed by atoms with Crippen LogP contribution in [0.2, 0.25) is 0 Å². The van der Waals surface area contributed by atoms with E-state index in [1.807, 2.05) is 27.9 Å². The molecule has 2 aliphatic rings. The zero-order valence-corrected chi connectivity index (χ0v) is 21.9. The molecule has 0 aromatic rings. The lowest BCUT2D eigenvalue weighted by Crippen LogP contribution is -2.58. The molecular weight excluding hydrogens is 399 g/mol. The normalized spacial score (nSPS) is 32.3. The highest BCUT2D eigenvalue weighted by Crippen LogP contribution is 2.62. The molecule has 30 heavy (non-hydrogen) atoms. The molecule has 0 bridgehead atoms. The van der Waals surface area contributed by atoms with Gasteiger partial charge in [0.15, 0.2) is 0 Å². The average Bonchev–Trinajstić information content (AvgIpc) is 2.64. The summed E-state index contributed by atoms with van der Waals surface area (Å²) < 4.78 is 34.6. The summed E-state index contributed by atoms with van der Waals surface area (Å²) in [7, 11) is 4.73. The van der Waals surface area contributed by atoms with Crippen molar-refractivity contribution >= 4 is 23.2 Å². The molecule has 0 radical (unpaired) electrons. The summed E-state index contributed by atoms with van der Waals surface area (Å²) in [5, 5.41) is -0.633. The first-order valence-corrected chi connectivity index (χ1v) is 13.0. The minimum Gasteiger partial charge on any atom is -0.381 e. The molecule has 5 unspecified atom stereocenters. The second-order valence-electron chi connectivity index (χ2n) is 10.7. The van der Waals surface area contributed by atoms with E-state index in [1.54, 1.807) is 4.67 Å². The van der Waals surface area contributed by atoms with Crippen molar-refractivity contribution in [1.29, 1.82) is 0 Å². The second kappa shape index (κ2) is 9.94. The summed E-state index contributed by atoms with van der Waals surface area (Å²) >= 11 is 0. The van der Waals surface area contributed by atoms with Gasteiger partial charge in [-0.15, -0.1) is 0 Å². The first-order chi connectivity index (χ1) is 13.7. The van der Waals surface area contributed by atoms with E-state index in [4.69, 9.17) is 14.0 Å². The van der Waals surface area contributed by atoms with Gasteiger partial charge in [-0.1, -0.05) is 6.92 Å². The van der Waals surface area contributed by atoms with Crippen LogP contribution >= 0.6 is 7.52 Å². The van der Waals surface area contributed by atoms with Crippen LogP contribution in [0.5, 0.6) is 0 Å². The molecule has 0 amide bonds. The molecular formula is C20H44B2N3O4P. The molecule has 2 fully saturated rings. The molecule has 2 heterocycles. The van der Waals surface area contributed by atoms with Gasteiger partial charge in [0.25, 0.3) is 7.52 Å². The van der Waals surface area contributed by atoms with E-state index >= 15 is 0 Å². The molecule has 0 aromatic carbocycles. The van der Waals surface area contributed by atoms with Gasteiger partial charge < -0.3 is 14.0 Å². The van der Waals surface area contributed by atoms with Crippen molar-refractivity contribution in [3.05, 3.63) is 0 Å². The van der Waals surface area contributed by atoms with Crippen molar-refractivity contribution in [3.8, 4) is 0 Å². The van der Waals surface area contributed by atoms with E-state index in [0.29, 0.717) is 6.61 Å². The summed E-state index contributed by atoms with van der Waals surface area (Å²) in [4.78, 5) is 4.72. The molecule has 174 valence electrons. The van der Waals surface area contributed by atoms with E-state index in [2.05, 4.69) is 53.2 Å². The standard InChI is InChI=1S/C20H44B2N3O4P/c1-9-15-10-25(13-18(22)28-15)20(5,6)30(26,23(7)8)27-14-16-11-24(19(2,3)4)12-17(21)29-16/h15-18H,9-14,21-22H2,1-8H3. The lowest BCUT2D eigenvalue weighted by molar-refractivity contribution is -0.0931. The summed E-state index contributed by atoms with van der Waals surface area (Å²) in [5.74, 6) is 0. The Kier molecular flexibility index (Phi) is 8.74. The van der Waals surface area contributed by atoms with Gasteiger partial charge in [0, 0.05) is 43.7 Å². The molecule has 7 nitrogen and oxygen atoms in total. The van der Waals surface area contributed by atoms with Crippen LogP contribution in [0.3, 0.4) is 0 Å². The first-order valence-electron chi connectivity index (χ1n) is 11.4. The van der Waals surface area contributed by atoms with Crippen molar-refractivity contribution in [2.45, 2.75) is 83.0 Å². The van der Waals surface area contributed by atoms with E-state index in [1.165, 1.54) is 0 Å². The van der Waals surface area contributed by atoms with Crippen LogP contribution in [-0.2, 0) is 18.6 Å². The monoisotopic (exact) mass is 443 g/mol. The summed E-state index contributed by atoms with van der Waals surface area (Å²) in [6.45, 7) is 16.4. The predicted molar refractivity (Wildman–Crippen MR) is 129 cm³/mol. The molecule has 2 rings (SSSR count). The topological polar surface area (TPSA) is 54.5 Å². The number of rotatable bonds is 7. The Bertz CT molecular complexity index is 617. The van der Waals surface area contributed by atoms with Gasteiger partial charge in [-0.2, -0.15) is 0 Å². The van der Waals surface area contributed by atoms with Gasteiger partial charge in [-0.05, 0) is 55.1 Å². The van der Waals surface area contributed by atoms with Crippen LogP contribution in [0.1, 0.15) is 48.0 Å². The fourth-order valence-corrected chi connectivity index (χ4v) is 6.94. The van der Waals surface area contributed by atoms with E-state index in [9.17, 15) is 4.57 Å². The molecule has 0 spiro atoms. The molecule has 0 aromatic heterocycles. The van der Waals surface area contributed by atoms with Crippen molar-refractivity contribution < 1.29 is 18.6 Å². The third kappa shape index (κ3) is 5.92. The van der Waals surface area contributed by atoms with Gasteiger partial charge >= 0.3 is 0 Å². The molecule has 2 aliphatic heterocycles. The third-order valence-corrected chi connectivity index (χ3v) is 9.70. The maximum absolute atomic E-state index is 14.3. The quantitative estimate of drug-likeness (QED) is 0.431. The van der Waals surface area contributed by atoms with Crippen molar-refractivity contribution in [1.82, 2.24) is 14.5 Å². The van der Waals surface area contributed by atoms with E-state index < -0.39 is 12.8 Å². The van der Waals surface area contributed by atoms with Crippen LogP contribution in [-0.4, -0.2) is 112 Å². The molecule has 10 heteroatoms. The zero-order chi connectivity index (χ0) is 22.9. The lowest BCUT2D eigenvalue weighted by Gasteiger charge is -2.50. The van der Waals surface area contributed by atoms with E-state index in [0.717, 1.165) is 32.6 Å². The summed E-state index contributed by atoms with van der Waals surface area (Å²) in [6.07, 6.45) is 1.01. The second-order valence-corrected chi connectivity index (χ2v) is 13.9. The van der Waals surface area contributed by atoms with Crippen LogP contribution in [0.25, 0.3) is 0 Å². The minimum atomic E-state index is -3.17. The van der Waals surface area contributed by atoms with Crippen molar-refractivity contribution in [2.75, 3.05) is 46.9 Å². The number of hydrogen-bond donors (Lipinski definition) is 0. The van der Waals surface area contributed by atoms with Gasteiger partial charge in [0.2, 0.25) is 0 Å². The predicted octanol–water partition coefficient (Wildman–Crippen LogP) is 1.02. The Labute approximate surface area is 186 Å². The largest absolute Gasteiger partial charge is 0.381 e. The Morgan fingerprint density at radius 3 is 1.97 bits per heavy atom. The van der Waals surface area contributed by atoms with Gasteiger partial charge in [0.05, 0.1) is 18.8 Å². The van der Waals surface area contributed by atoms with Crippen LogP contribution in [0, 0.1) is 0 Å². The van der Waals surface area contributed by atoms with Crippen LogP contribution in [0.4, 0.5) is 0 Å². The minimum absolute atomic E-state index is 0.0694. The highest BCUT2D eigenvalue weighted by atomic mass is 31.2. The Hall–Kier alpha value is 0.120. The van der Waals surface area contributed by atoms with Gasteiger partial charge in [-0.25, -0.2) is 4.67 Å². The number of ether oxygens (including phenoxy) is 2. The SMILES string of the molecule is BC1CN(C(C)(C)C)CC(COP(=O)(N(C)C)C(C)(C)N2CC(B)OC(CC)C2)O1. The average molecular weight is 443 g/mol. The first kappa shape index (κ1) is 26.4. The molecule has 0 N–H and O–H groups in total. The summed E-state index contributed by atoms with van der Waals surface area (Å²) in [5.41, 5.74) is 0.0694. The molecule has 0 saturated carbocycles. The van der Waals surface area contributed by atoms with Crippen LogP contribution in [0.15, 0.2) is 0 Å². The Balaban J connectivity index is 2.16. The van der Waals surface area contributed by atoms with E-state index in [-0.39, 0.29) is 29.8 Å². The molecule has 5 atom stereocenters. The summed E-state index contributed by atoms with van der Waals surface area (Å²) in [6, 6.07) is 0.241. The maximum Gasteiger partial charge on any atom is 0.291 e. The number of nitrogens with zero attached hydrogens (tertiary/aromatic N) is 3. The highest BCUT2D eigenvalue weighted by molar-refractivity contribution is 7.58. The number of morpholine rings is 2. The number of hydrogen-bond acceptors (Lipinski definition) is 6. The molecule has 2 saturated heterocycles. The smallest absolute Gasteiger partial charge is 0.291 e. The highest BCUT2D eigenvalue weighted by Gasteiger charge is 2.50. The van der Waals surface area contributed by atoms with Gasteiger partial charge in [-0.3, -0.25) is 14.4 Å². The Morgan fingerprint density at radius 1 is 0.967 bits per heavy atom. The fourth-order valence-electron chi connectivity index (χ4n) is 4.53. The fraction of sp³-hybridized carbons (Fsp3) is 1.00.